The number of likely N-dealkylation sites (tertiary alicyclic amines) is 1. The van der Waals surface area contributed by atoms with E-state index in [1.807, 2.05) is 4.90 Å². The molecule has 1 fully saturated rings. The van der Waals surface area contributed by atoms with Crippen molar-refractivity contribution in [3.05, 3.63) is 22.6 Å². The zero-order valence-electron chi connectivity index (χ0n) is 10.3. The summed E-state index contributed by atoms with van der Waals surface area (Å²) in [5, 5.41) is 13.1. The van der Waals surface area contributed by atoms with E-state index >= 15 is 0 Å². The summed E-state index contributed by atoms with van der Waals surface area (Å²) in [5.74, 6) is 0.530. The Bertz CT molecular complexity index is 654. The van der Waals surface area contributed by atoms with Crippen molar-refractivity contribution in [3.8, 4) is 0 Å². The van der Waals surface area contributed by atoms with Crippen LogP contribution in [-0.2, 0) is 4.79 Å². The molecule has 19 heavy (non-hydrogen) atoms. The van der Waals surface area contributed by atoms with Crippen LogP contribution in [0.2, 0.25) is 0 Å². The smallest absolute Gasteiger partial charge is 0.360 e. The van der Waals surface area contributed by atoms with Gasteiger partial charge in [0.25, 0.3) is 0 Å². The van der Waals surface area contributed by atoms with Crippen LogP contribution in [0, 0.1) is 0 Å². The Labute approximate surface area is 108 Å². The van der Waals surface area contributed by atoms with Crippen LogP contribution in [0.25, 0.3) is 5.65 Å². The Kier molecular flexibility index (Phi) is 2.90. The molecule has 0 aromatic carbocycles. The third-order valence-electron chi connectivity index (χ3n) is 3.15. The molecule has 3 rings (SSSR count). The van der Waals surface area contributed by atoms with Gasteiger partial charge in [-0.05, 0) is 25.0 Å². The van der Waals surface area contributed by atoms with E-state index < -0.39 is 5.69 Å². The van der Waals surface area contributed by atoms with E-state index in [4.69, 9.17) is 0 Å². The van der Waals surface area contributed by atoms with Crippen LogP contribution in [0.1, 0.15) is 12.8 Å². The molecule has 1 aliphatic rings. The lowest BCUT2D eigenvalue weighted by Crippen LogP contribution is -2.33. The monoisotopic (exact) mass is 262 g/mol. The van der Waals surface area contributed by atoms with Gasteiger partial charge in [-0.15, -0.1) is 5.10 Å². The second kappa shape index (κ2) is 4.71. The van der Waals surface area contributed by atoms with Crippen LogP contribution < -0.4 is 11.0 Å². The summed E-state index contributed by atoms with van der Waals surface area (Å²) in [6.45, 7) is 1.84. The average molecular weight is 262 g/mol. The minimum atomic E-state index is -0.399. The van der Waals surface area contributed by atoms with Gasteiger partial charge in [0.1, 0.15) is 5.82 Å². The highest BCUT2D eigenvalue weighted by atomic mass is 16.2. The molecule has 0 spiro atoms. The van der Waals surface area contributed by atoms with E-state index in [1.165, 1.54) is 0 Å². The minimum absolute atomic E-state index is 0.0546. The maximum atomic E-state index is 11.8. The molecule has 1 amide bonds. The summed E-state index contributed by atoms with van der Waals surface area (Å²) in [6.07, 6.45) is 2.14. The summed E-state index contributed by atoms with van der Waals surface area (Å²) in [4.78, 5) is 25.0. The number of aromatic nitrogens is 4. The lowest BCUT2D eigenvalue weighted by atomic mass is 10.4. The number of amides is 1. The first kappa shape index (κ1) is 11.7. The van der Waals surface area contributed by atoms with Crippen LogP contribution in [0.5, 0.6) is 0 Å². The van der Waals surface area contributed by atoms with Crippen LogP contribution >= 0.6 is 0 Å². The molecule has 0 unspecified atom stereocenters. The summed E-state index contributed by atoms with van der Waals surface area (Å²) < 4.78 is 1.16. The summed E-state index contributed by atoms with van der Waals surface area (Å²) in [6, 6.07) is 3.35. The number of H-pyrrole nitrogens is 1. The maximum absolute atomic E-state index is 11.8. The second-order valence-corrected chi connectivity index (χ2v) is 4.46. The first-order valence-corrected chi connectivity index (χ1v) is 6.20. The van der Waals surface area contributed by atoms with Gasteiger partial charge in [0.05, 0.1) is 6.54 Å². The predicted octanol–water partition coefficient (Wildman–Crippen LogP) is -0.548. The Hall–Kier alpha value is -2.38. The first-order valence-electron chi connectivity index (χ1n) is 6.20. The van der Waals surface area contributed by atoms with Crippen molar-refractivity contribution in [2.45, 2.75) is 12.8 Å². The Morgan fingerprint density at radius 2 is 2.16 bits per heavy atom. The summed E-state index contributed by atoms with van der Waals surface area (Å²) in [7, 11) is 0. The largest absolute Gasteiger partial charge is 0.364 e. The van der Waals surface area contributed by atoms with Crippen molar-refractivity contribution in [3.63, 3.8) is 0 Å². The van der Waals surface area contributed by atoms with Gasteiger partial charge in [0.2, 0.25) is 5.91 Å². The van der Waals surface area contributed by atoms with Gasteiger partial charge in [-0.2, -0.15) is 9.61 Å². The standard InChI is InChI=1S/C11H14N6O2/c18-10(16-5-1-2-6-16)7-12-8-3-4-9-13-14-11(19)17(9)15-8/h3-4H,1-2,5-7H2,(H,12,15)(H,14,19). The third-order valence-corrected chi connectivity index (χ3v) is 3.15. The van der Waals surface area contributed by atoms with Gasteiger partial charge in [0, 0.05) is 13.1 Å². The molecule has 2 aromatic rings. The van der Waals surface area contributed by atoms with E-state index in [0.29, 0.717) is 11.5 Å². The highest BCUT2D eigenvalue weighted by Crippen LogP contribution is 2.08. The SMILES string of the molecule is O=C(CNc1ccc2n[nH]c(=O)n2n1)N1CCCC1. The zero-order chi connectivity index (χ0) is 13.2. The lowest BCUT2D eigenvalue weighted by molar-refractivity contribution is -0.128. The number of nitrogens with one attached hydrogen (secondary N) is 2. The van der Waals surface area contributed by atoms with E-state index in [0.717, 1.165) is 30.4 Å². The molecule has 2 aromatic heterocycles. The predicted molar refractivity (Wildman–Crippen MR) is 67.9 cm³/mol. The number of aromatic amines is 1. The Morgan fingerprint density at radius 1 is 1.37 bits per heavy atom. The Balaban J connectivity index is 1.69. The van der Waals surface area contributed by atoms with E-state index in [2.05, 4.69) is 20.6 Å². The summed E-state index contributed by atoms with van der Waals surface area (Å²) in [5.41, 5.74) is 0.0472. The van der Waals surface area contributed by atoms with Crippen molar-refractivity contribution >= 4 is 17.4 Å². The molecule has 100 valence electrons. The number of carbonyl (C=O) groups excluding carboxylic acids is 1. The fourth-order valence-corrected chi connectivity index (χ4v) is 2.14. The second-order valence-electron chi connectivity index (χ2n) is 4.46. The molecule has 1 aliphatic heterocycles. The molecule has 8 heteroatoms. The molecule has 0 radical (unpaired) electrons. The Morgan fingerprint density at radius 3 is 2.95 bits per heavy atom. The van der Waals surface area contributed by atoms with E-state index in [1.54, 1.807) is 12.1 Å². The minimum Gasteiger partial charge on any atom is -0.360 e. The molecule has 1 saturated heterocycles. The molecule has 0 aliphatic carbocycles. The van der Waals surface area contributed by atoms with Crippen molar-refractivity contribution in [2.75, 3.05) is 25.0 Å². The quantitative estimate of drug-likeness (QED) is 0.774. The number of carbonyl (C=O) groups is 1. The van der Waals surface area contributed by atoms with Crippen LogP contribution in [0.4, 0.5) is 5.82 Å². The molecule has 0 saturated carbocycles. The molecule has 0 atom stereocenters. The van der Waals surface area contributed by atoms with Crippen molar-refractivity contribution in [2.24, 2.45) is 0 Å². The van der Waals surface area contributed by atoms with Crippen molar-refractivity contribution in [1.29, 1.82) is 0 Å². The van der Waals surface area contributed by atoms with Gasteiger partial charge in [-0.1, -0.05) is 0 Å². The number of anilines is 1. The third kappa shape index (κ3) is 2.28. The van der Waals surface area contributed by atoms with Gasteiger partial charge < -0.3 is 10.2 Å². The number of fused-ring (bicyclic) bond motifs is 1. The zero-order valence-corrected chi connectivity index (χ0v) is 10.3. The highest BCUT2D eigenvalue weighted by Gasteiger charge is 2.17. The number of nitrogens with zero attached hydrogens (tertiary/aromatic N) is 4. The van der Waals surface area contributed by atoms with Gasteiger partial charge in [0.15, 0.2) is 5.65 Å². The van der Waals surface area contributed by atoms with Crippen LogP contribution in [0.3, 0.4) is 0 Å². The lowest BCUT2D eigenvalue weighted by Gasteiger charge is -2.15. The first-order chi connectivity index (χ1) is 9.24. The fourth-order valence-electron chi connectivity index (χ4n) is 2.14. The molecule has 8 nitrogen and oxygen atoms in total. The average Bonchev–Trinajstić information content (AvgIpc) is 3.07. The van der Waals surface area contributed by atoms with Crippen molar-refractivity contribution in [1.82, 2.24) is 24.7 Å². The fraction of sp³-hybridized carbons (Fsp3) is 0.455. The van der Waals surface area contributed by atoms with Gasteiger partial charge >= 0.3 is 5.69 Å². The molecule has 2 N–H and O–H groups in total. The molecule has 0 bridgehead atoms. The van der Waals surface area contributed by atoms with E-state index in [9.17, 15) is 9.59 Å². The molecule has 3 heterocycles. The van der Waals surface area contributed by atoms with Gasteiger partial charge in [-0.25, -0.2) is 9.89 Å². The number of hydrogen-bond donors (Lipinski definition) is 2. The van der Waals surface area contributed by atoms with Gasteiger partial charge in [-0.3, -0.25) is 4.79 Å². The number of hydrogen-bond acceptors (Lipinski definition) is 5. The van der Waals surface area contributed by atoms with E-state index in [-0.39, 0.29) is 12.5 Å². The topological polar surface area (TPSA) is 95.4 Å². The summed E-state index contributed by atoms with van der Waals surface area (Å²) >= 11 is 0. The number of rotatable bonds is 3. The normalized spacial score (nSPS) is 15.1. The van der Waals surface area contributed by atoms with Crippen molar-refractivity contribution < 1.29 is 4.79 Å². The van der Waals surface area contributed by atoms with Crippen LogP contribution in [0.15, 0.2) is 16.9 Å². The molecular weight excluding hydrogens is 248 g/mol. The maximum Gasteiger partial charge on any atom is 0.364 e. The molecular formula is C11H14N6O2. The highest BCUT2D eigenvalue weighted by molar-refractivity contribution is 5.80. The van der Waals surface area contributed by atoms with Crippen LogP contribution in [-0.4, -0.2) is 50.3 Å².